The zero-order chi connectivity index (χ0) is 14.0. The molecule has 5 nitrogen and oxygen atoms in total. The summed E-state index contributed by atoms with van der Waals surface area (Å²) >= 11 is 0. The van der Waals surface area contributed by atoms with Gasteiger partial charge >= 0.3 is 0 Å². The molecule has 0 unspecified atom stereocenters. The third-order valence-electron chi connectivity index (χ3n) is 2.90. The van der Waals surface area contributed by atoms with Crippen molar-refractivity contribution in [3.8, 4) is 5.69 Å². The number of rotatable bonds is 4. The van der Waals surface area contributed by atoms with E-state index in [2.05, 4.69) is 4.98 Å². The van der Waals surface area contributed by atoms with E-state index in [1.807, 2.05) is 6.92 Å². The predicted molar refractivity (Wildman–Crippen MR) is 68.9 cm³/mol. The van der Waals surface area contributed by atoms with E-state index in [1.54, 1.807) is 23.9 Å². The maximum Gasteiger partial charge on any atom is 0.296 e. The van der Waals surface area contributed by atoms with E-state index >= 15 is 0 Å². The lowest BCUT2D eigenvalue weighted by atomic mass is 10.1. The van der Waals surface area contributed by atoms with E-state index in [-0.39, 0.29) is 5.69 Å². The second-order valence-electron chi connectivity index (χ2n) is 4.31. The summed E-state index contributed by atoms with van der Waals surface area (Å²) in [6.45, 7) is 3.59. The molecule has 0 saturated heterocycles. The van der Waals surface area contributed by atoms with Crippen molar-refractivity contribution in [3.63, 3.8) is 0 Å². The minimum Gasteiger partial charge on any atom is -0.298 e. The highest BCUT2D eigenvalue weighted by Crippen LogP contribution is 2.27. The normalized spacial score (nSPS) is 10.7. The summed E-state index contributed by atoms with van der Waals surface area (Å²) < 4.78 is 15.1. The summed E-state index contributed by atoms with van der Waals surface area (Å²) in [4.78, 5) is 14.7. The first-order valence-electron chi connectivity index (χ1n) is 6.01. The van der Waals surface area contributed by atoms with Crippen LogP contribution >= 0.6 is 0 Å². The molecule has 0 aliphatic carbocycles. The maximum atomic E-state index is 13.5. The molecule has 19 heavy (non-hydrogen) atoms. The van der Waals surface area contributed by atoms with Gasteiger partial charge in [0.1, 0.15) is 17.3 Å². The van der Waals surface area contributed by atoms with Crippen molar-refractivity contribution in [2.75, 3.05) is 0 Å². The summed E-state index contributed by atoms with van der Waals surface area (Å²) in [6, 6.07) is 2.44. The van der Waals surface area contributed by atoms with E-state index in [0.717, 1.165) is 18.3 Å². The number of nitrogens with zero attached hydrogens (tertiary/aromatic N) is 3. The van der Waals surface area contributed by atoms with Gasteiger partial charge in [-0.2, -0.15) is 0 Å². The van der Waals surface area contributed by atoms with Gasteiger partial charge in [0.25, 0.3) is 5.69 Å². The van der Waals surface area contributed by atoms with Gasteiger partial charge in [-0.1, -0.05) is 6.92 Å². The number of aryl methyl sites for hydroxylation is 2. The van der Waals surface area contributed by atoms with Gasteiger partial charge in [-0.05, 0) is 25.0 Å². The summed E-state index contributed by atoms with van der Waals surface area (Å²) in [5, 5.41) is 11.1. The highest BCUT2D eigenvalue weighted by molar-refractivity contribution is 5.55. The number of hydrogen-bond acceptors (Lipinski definition) is 3. The number of aromatic nitrogens is 2. The number of nitro benzene ring substituents is 1. The van der Waals surface area contributed by atoms with Crippen molar-refractivity contribution in [2.45, 2.75) is 26.7 Å². The van der Waals surface area contributed by atoms with Crippen molar-refractivity contribution in [3.05, 3.63) is 51.8 Å². The van der Waals surface area contributed by atoms with Crippen molar-refractivity contribution in [1.82, 2.24) is 9.55 Å². The van der Waals surface area contributed by atoms with Crippen LogP contribution in [-0.2, 0) is 6.42 Å². The van der Waals surface area contributed by atoms with Gasteiger partial charge in [-0.3, -0.25) is 14.7 Å². The zero-order valence-electron chi connectivity index (χ0n) is 10.8. The van der Waals surface area contributed by atoms with Crippen molar-refractivity contribution in [1.29, 1.82) is 0 Å². The Labute approximate surface area is 109 Å². The van der Waals surface area contributed by atoms with Crippen LogP contribution in [0.2, 0.25) is 0 Å². The largest absolute Gasteiger partial charge is 0.298 e. The molecule has 1 aromatic heterocycles. The summed E-state index contributed by atoms with van der Waals surface area (Å²) in [6.07, 6.45) is 4.84. The highest BCUT2D eigenvalue weighted by Gasteiger charge is 2.20. The van der Waals surface area contributed by atoms with Gasteiger partial charge in [-0.15, -0.1) is 0 Å². The molecular weight excluding hydrogens is 249 g/mol. The Bertz CT molecular complexity index is 622. The van der Waals surface area contributed by atoms with Gasteiger partial charge in [0, 0.05) is 18.8 Å². The van der Waals surface area contributed by atoms with Crippen LogP contribution in [0.5, 0.6) is 0 Å². The molecule has 1 heterocycles. The van der Waals surface area contributed by atoms with Crippen LogP contribution in [0.25, 0.3) is 5.69 Å². The van der Waals surface area contributed by atoms with Gasteiger partial charge in [-0.25, -0.2) is 9.37 Å². The van der Waals surface area contributed by atoms with Crippen LogP contribution in [0.15, 0.2) is 24.5 Å². The lowest BCUT2D eigenvalue weighted by molar-refractivity contribution is -0.384. The van der Waals surface area contributed by atoms with Gasteiger partial charge < -0.3 is 0 Å². The Morgan fingerprint density at radius 3 is 2.84 bits per heavy atom. The Morgan fingerprint density at radius 1 is 1.47 bits per heavy atom. The third-order valence-corrected chi connectivity index (χ3v) is 2.90. The molecule has 100 valence electrons. The van der Waals surface area contributed by atoms with Crippen LogP contribution in [0.3, 0.4) is 0 Å². The number of halogens is 1. The lowest BCUT2D eigenvalue weighted by Crippen LogP contribution is -2.05. The van der Waals surface area contributed by atoms with Gasteiger partial charge in [0.2, 0.25) is 0 Å². The topological polar surface area (TPSA) is 61.0 Å². The van der Waals surface area contributed by atoms with E-state index in [4.69, 9.17) is 0 Å². The minimum absolute atomic E-state index is 0.251. The Morgan fingerprint density at radius 2 is 2.21 bits per heavy atom. The third kappa shape index (κ3) is 2.47. The molecule has 0 spiro atoms. The first-order chi connectivity index (χ1) is 9.04. The molecule has 6 heteroatoms. The maximum absolute atomic E-state index is 13.5. The fourth-order valence-corrected chi connectivity index (χ4v) is 1.96. The van der Waals surface area contributed by atoms with Crippen molar-refractivity contribution in [2.24, 2.45) is 0 Å². The molecule has 2 aromatic rings. The summed E-state index contributed by atoms with van der Waals surface area (Å²) in [7, 11) is 0. The molecule has 0 aliphatic heterocycles. The van der Waals surface area contributed by atoms with Gasteiger partial charge in [0.15, 0.2) is 0 Å². The van der Waals surface area contributed by atoms with E-state index in [0.29, 0.717) is 17.7 Å². The minimum atomic E-state index is -0.576. The molecule has 0 N–H and O–H groups in total. The Balaban J connectivity index is 2.63. The SMILES string of the molecule is CCCc1nccn1-c1cc(C)c(F)cc1[N+](=O)[O-]. The van der Waals surface area contributed by atoms with Crippen LogP contribution < -0.4 is 0 Å². The molecule has 0 saturated carbocycles. The number of imidazole rings is 1. The molecule has 0 amide bonds. The molecule has 0 atom stereocenters. The first kappa shape index (κ1) is 13.2. The molecule has 0 bridgehead atoms. The van der Waals surface area contributed by atoms with E-state index < -0.39 is 10.7 Å². The Hall–Kier alpha value is -2.24. The van der Waals surface area contributed by atoms with E-state index in [1.165, 1.54) is 6.07 Å². The number of benzene rings is 1. The fourth-order valence-electron chi connectivity index (χ4n) is 1.96. The van der Waals surface area contributed by atoms with Crippen LogP contribution in [0, 0.1) is 22.9 Å². The fraction of sp³-hybridized carbons (Fsp3) is 0.308. The number of hydrogen-bond donors (Lipinski definition) is 0. The van der Waals surface area contributed by atoms with E-state index in [9.17, 15) is 14.5 Å². The van der Waals surface area contributed by atoms with Crippen LogP contribution in [0.4, 0.5) is 10.1 Å². The lowest BCUT2D eigenvalue weighted by Gasteiger charge is -2.09. The van der Waals surface area contributed by atoms with Crippen LogP contribution in [-0.4, -0.2) is 14.5 Å². The molecule has 0 radical (unpaired) electrons. The van der Waals surface area contributed by atoms with Crippen LogP contribution in [0.1, 0.15) is 24.7 Å². The summed E-state index contributed by atoms with van der Waals surface area (Å²) in [5.41, 5.74) is 0.472. The van der Waals surface area contributed by atoms with Crippen molar-refractivity contribution < 1.29 is 9.31 Å². The quantitative estimate of drug-likeness (QED) is 0.628. The average Bonchev–Trinajstić information content (AvgIpc) is 2.80. The second kappa shape index (κ2) is 5.17. The van der Waals surface area contributed by atoms with Gasteiger partial charge in [0.05, 0.1) is 11.0 Å². The second-order valence-corrected chi connectivity index (χ2v) is 4.31. The monoisotopic (exact) mass is 263 g/mol. The smallest absolute Gasteiger partial charge is 0.296 e. The highest BCUT2D eigenvalue weighted by atomic mass is 19.1. The standard InChI is InChI=1S/C13H14FN3O2/c1-3-4-13-15-5-6-16(13)11-7-9(2)10(14)8-12(11)17(18)19/h5-8H,3-4H2,1-2H3. The molecule has 1 aromatic carbocycles. The predicted octanol–water partition coefficient (Wildman–Crippen LogP) is 3.18. The summed E-state index contributed by atoms with van der Waals surface area (Å²) in [5.74, 6) is 0.157. The average molecular weight is 263 g/mol. The van der Waals surface area contributed by atoms with Crippen molar-refractivity contribution >= 4 is 5.69 Å². The number of nitro groups is 1. The first-order valence-corrected chi connectivity index (χ1v) is 6.01. The Kier molecular flexibility index (Phi) is 3.59. The molecular formula is C13H14FN3O2. The molecule has 0 fully saturated rings. The zero-order valence-corrected chi connectivity index (χ0v) is 10.8. The molecule has 2 rings (SSSR count). The molecule has 0 aliphatic rings.